The Morgan fingerprint density at radius 3 is 2.71 bits per heavy atom. The van der Waals surface area contributed by atoms with Gasteiger partial charge in [-0.25, -0.2) is 0 Å². The molecule has 4 rings (SSSR count). The number of nitrogens with one attached hydrogen (secondary N) is 2. The number of hydrogen-bond acceptors (Lipinski definition) is 5. The van der Waals surface area contributed by atoms with Gasteiger partial charge in [0.25, 0.3) is 5.91 Å². The maximum Gasteiger partial charge on any atom is 0.270 e. The average molecular weight is 422 g/mol. The third-order valence-electron chi connectivity index (χ3n) is 6.22. The van der Waals surface area contributed by atoms with Gasteiger partial charge in [0.2, 0.25) is 5.91 Å². The van der Waals surface area contributed by atoms with E-state index in [0.29, 0.717) is 44.7 Å². The maximum absolute atomic E-state index is 12.9. The molecular weight excluding hydrogens is 394 g/mol. The highest BCUT2D eigenvalue weighted by atomic mass is 16.5. The van der Waals surface area contributed by atoms with Crippen LogP contribution in [0.15, 0.2) is 30.3 Å². The molecule has 1 saturated carbocycles. The molecule has 1 aliphatic heterocycles. The Morgan fingerprint density at radius 1 is 1.26 bits per heavy atom. The van der Waals surface area contributed by atoms with E-state index in [0.717, 1.165) is 29.7 Å². The molecule has 1 fully saturated rings. The third-order valence-corrected chi connectivity index (χ3v) is 6.22. The Labute approximate surface area is 181 Å². The summed E-state index contributed by atoms with van der Waals surface area (Å²) in [5.41, 5.74) is 2.24. The Kier molecular flexibility index (Phi) is 6.05. The topological polar surface area (TPSA) is 109 Å². The molecule has 1 aromatic carbocycles. The zero-order chi connectivity index (χ0) is 21.8. The van der Waals surface area contributed by atoms with E-state index in [9.17, 15) is 14.9 Å². The molecule has 0 spiro atoms. The monoisotopic (exact) mass is 421 g/mol. The number of hydrogen-bond donors (Lipinski definition) is 2. The van der Waals surface area contributed by atoms with Crippen LogP contribution in [0.1, 0.15) is 53.0 Å². The smallest absolute Gasteiger partial charge is 0.270 e. The van der Waals surface area contributed by atoms with Crippen LogP contribution >= 0.6 is 0 Å². The van der Waals surface area contributed by atoms with Crippen LogP contribution < -0.4 is 10.6 Å². The van der Waals surface area contributed by atoms with Crippen LogP contribution in [0.2, 0.25) is 0 Å². The fourth-order valence-corrected chi connectivity index (χ4v) is 4.46. The van der Waals surface area contributed by atoms with E-state index in [1.165, 1.54) is 0 Å². The van der Waals surface area contributed by atoms with Crippen molar-refractivity contribution in [3.63, 3.8) is 0 Å². The quantitative estimate of drug-likeness (QED) is 0.741. The number of nitriles is 1. The summed E-state index contributed by atoms with van der Waals surface area (Å²) in [6, 6.07) is 12.0. The molecule has 8 nitrogen and oxygen atoms in total. The number of carbonyl (C=O) groups excluding carboxylic acids is 2. The van der Waals surface area contributed by atoms with Crippen molar-refractivity contribution >= 4 is 11.8 Å². The second kappa shape index (κ2) is 8.90. The summed E-state index contributed by atoms with van der Waals surface area (Å²) in [5, 5.41) is 19.8. The molecule has 1 unspecified atom stereocenters. The van der Waals surface area contributed by atoms with Crippen LogP contribution in [0.25, 0.3) is 0 Å². The van der Waals surface area contributed by atoms with Crippen molar-refractivity contribution < 1.29 is 14.3 Å². The van der Waals surface area contributed by atoms with Crippen LogP contribution in [0.5, 0.6) is 0 Å². The van der Waals surface area contributed by atoms with Gasteiger partial charge < -0.3 is 15.4 Å². The fourth-order valence-electron chi connectivity index (χ4n) is 4.46. The minimum atomic E-state index is -0.906. The van der Waals surface area contributed by atoms with Crippen LogP contribution in [0, 0.1) is 16.7 Å². The fraction of sp³-hybridized carbons (Fsp3) is 0.478. The van der Waals surface area contributed by atoms with Gasteiger partial charge >= 0.3 is 0 Å². The van der Waals surface area contributed by atoms with Gasteiger partial charge in [-0.2, -0.15) is 10.4 Å². The van der Waals surface area contributed by atoms with Crippen LogP contribution in [0.4, 0.5) is 0 Å². The first-order valence-corrected chi connectivity index (χ1v) is 10.7. The Morgan fingerprint density at radius 2 is 2.00 bits per heavy atom. The van der Waals surface area contributed by atoms with Crippen molar-refractivity contribution in [1.82, 2.24) is 20.4 Å². The van der Waals surface area contributed by atoms with Gasteiger partial charge in [0.05, 0.1) is 24.5 Å². The molecule has 2 N–H and O–H groups in total. The summed E-state index contributed by atoms with van der Waals surface area (Å²) in [6.07, 6.45) is 3.25. The minimum absolute atomic E-state index is 0.181. The number of aromatic nitrogens is 2. The van der Waals surface area contributed by atoms with Crippen LogP contribution in [-0.2, 0) is 36.2 Å². The highest BCUT2D eigenvalue weighted by molar-refractivity contribution is 5.94. The molecule has 8 heteroatoms. The number of nitrogens with zero attached hydrogens (tertiary/aromatic N) is 3. The predicted octanol–water partition coefficient (Wildman–Crippen LogP) is 1.99. The summed E-state index contributed by atoms with van der Waals surface area (Å²) in [7, 11) is 1.75. The van der Waals surface area contributed by atoms with E-state index in [1.54, 1.807) is 11.7 Å². The van der Waals surface area contributed by atoms with Crippen molar-refractivity contribution in [2.24, 2.45) is 12.5 Å². The number of aryl methyl sites for hydroxylation is 1. The van der Waals surface area contributed by atoms with Crippen LogP contribution in [0.3, 0.4) is 0 Å². The Balaban J connectivity index is 1.40. The van der Waals surface area contributed by atoms with E-state index in [2.05, 4.69) is 21.8 Å². The molecule has 0 radical (unpaired) electrons. The van der Waals surface area contributed by atoms with Gasteiger partial charge in [0.1, 0.15) is 11.1 Å². The summed E-state index contributed by atoms with van der Waals surface area (Å²) in [6.45, 7) is 1.03. The van der Waals surface area contributed by atoms with Crippen molar-refractivity contribution in [2.75, 3.05) is 6.54 Å². The van der Waals surface area contributed by atoms with Crippen molar-refractivity contribution in [3.8, 4) is 6.07 Å². The van der Waals surface area contributed by atoms with Gasteiger partial charge in [-0.15, -0.1) is 0 Å². The lowest BCUT2D eigenvalue weighted by molar-refractivity contribution is -0.128. The molecule has 2 aromatic rings. The first-order valence-electron chi connectivity index (χ1n) is 10.7. The van der Waals surface area contributed by atoms with Gasteiger partial charge in [0, 0.05) is 32.1 Å². The minimum Gasteiger partial charge on any atom is -0.370 e. The molecule has 1 aliphatic carbocycles. The van der Waals surface area contributed by atoms with Crippen molar-refractivity contribution in [3.05, 3.63) is 52.8 Å². The van der Waals surface area contributed by atoms with Gasteiger partial charge in [-0.3, -0.25) is 14.3 Å². The zero-order valence-corrected chi connectivity index (χ0v) is 17.7. The van der Waals surface area contributed by atoms with E-state index in [4.69, 9.17) is 4.74 Å². The highest BCUT2D eigenvalue weighted by Gasteiger charge is 2.41. The molecule has 31 heavy (non-hydrogen) atoms. The van der Waals surface area contributed by atoms with E-state index < -0.39 is 5.41 Å². The normalized spacial score (nSPS) is 19.3. The summed E-state index contributed by atoms with van der Waals surface area (Å²) >= 11 is 0. The number of benzene rings is 1. The van der Waals surface area contributed by atoms with Gasteiger partial charge in [0.15, 0.2) is 0 Å². The van der Waals surface area contributed by atoms with Crippen LogP contribution in [-0.4, -0.2) is 34.2 Å². The second-order valence-corrected chi connectivity index (χ2v) is 8.31. The molecule has 0 bridgehead atoms. The van der Waals surface area contributed by atoms with Crippen molar-refractivity contribution in [1.29, 1.82) is 5.26 Å². The average Bonchev–Trinajstić information content (AvgIpc) is 3.41. The molecule has 0 saturated heterocycles. The van der Waals surface area contributed by atoms with Crippen molar-refractivity contribution in [2.45, 2.75) is 51.4 Å². The number of rotatable bonds is 6. The number of ether oxygens (including phenoxy) is 1. The van der Waals surface area contributed by atoms with E-state index in [1.807, 2.05) is 30.3 Å². The van der Waals surface area contributed by atoms with Gasteiger partial charge in [-0.05, 0) is 18.4 Å². The molecule has 2 aliphatic rings. The summed E-state index contributed by atoms with van der Waals surface area (Å²) < 4.78 is 7.45. The number of amides is 2. The number of fused-ring (bicyclic) bond motifs is 1. The van der Waals surface area contributed by atoms with Gasteiger partial charge in [-0.1, -0.05) is 43.2 Å². The summed E-state index contributed by atoms with van der Waals surface area (Å²) in [5.74, 6) is -0.395. The molecule has 1 aromatic heterocycles. The maximum atomic E-state index is 12.9. The van der Waals surface area contributed by atoms with E-state index in [-0.39, 0.29) is 17.9 Å². The highest BCUT2D eigenvalue weighted by Crippen LogP contribution is 2.37. The molecule has 2 heterocycles. The molecular formula is C23H27N5O3. The molecule has 2 amide bonds. The largest absolute Gasteiger partial charge is 0.370 e. The van der Waals surface area contributed by atoms with E-state index >= 15 is 0 Å². The lowest BCUT2D eigenvalue weighted by Gasteiger charge is -2.25. The molecule has 162 valence electrons. The second-order valence-electron chi connectivity index (χ2n) is 8.31. The lowest BCUT2D eigenvalue weighted by Crippen LogP contribution is -2.43. The SMILES string of the molecule is Cn1nc2c(c1C(=O)NCc1ccccc1)CC(CNC(=O)C1(C#N)CCCC1)OC2. The standard InChI is InChI=1S/C23H27N5O3/c1-28-20(21(29)25-12-16-7-3-2-4-8-16)18-11-17(31-14-19(18)27-28)13-26-22(30)23(15-24)9-5-6-10-23/h2-4,7-8,17H,5-6,9-14H2,1H3,(H,25,29)(H,26,30). The Bertz CT molecular complexity index is 1000. The Hall–Kier alpha value is -3.18. The lowest BCUT2D eigenvalue weighted by atomic mass is 9.87. The molecule has 1 atom stereocenters. The first-order chi connectivity index (χ1) is 15.0. The third kappa shape index (κ3) is 4.32. The predicted molar refractivity (Wildman–Crippen MR) is 113 cm³/mol. The first kappa shape index (κ1) is 21.1. The zero-order valence-electron chi connectivity index (χ0n) is 17.7. The summed E-state index contributed by atoms with van der Waals surface area (Å²) in [4.78, 5) is 25.5. The number of carbonyl (C=O) groups is 2.